The van der Waals surface area contributed by atoms with Crippen LogP contribution < -0.4 is 21.1 Å². The minimum Gasteiger partial charge on any atom is -0.497 e. The molecule has 0 saturated carbocycles. The second-order valence-electron chi connectivity index (χ2n) is 6.82. The quantitative estimate of drug-likeness (QED) is 0.293. The van der Waals surface area contributed by atoms with Crippen LogP contribution in [0.3, 0.4) is 0 Å². The van der Waals surface area contributed by atoms with Crippen molar-refractivity contribution in [3.8, 4) is 17.0 Å². The number of hydrogen-bond donors (Lipinski definition) is 3. The number of amides is 2. The molecule has 0 aliphatic rings. The lowest BCUT2D eigenvalue weighted by atomic mass is 10.1. The first kappa shape index (κ1) is 23.6. The van der Waals surface area contributed by atoms with Crippen molar-refractivity contribution in [3.63, 3.8) is 0 Å². The number of carbonyl (C=O) groups is 2. The molecule has 0 aliphatic carbocycles. The third-order valence-electron chi connectivity index (χ3n) is 4.49. The first-order valence-electron chi connectivity index (χ1n) is 9.67. The standard InChI is InChI=1S/C22H22ClN5O5/c1-12-18(19(28-33-12)14-4-6-17(31-2)7-5-14)20(29)26-21(27-22(30)32-3)25-11-13-8-15(23)10-16(24)9-13/h4-10H,11,24H2,1-3H3,(H2,25,26,27,29,30). The third kappa shape index (κ3) is 6.01. The SMILES string of the molecule is COC(=O)NC(=NCc1cc(N)cc(Cl)c1)NC(=O)c1c(-c2ccc(OC)cc2)noc1C. The lowest BCUT2D eigenvalue weighted by Crippen LogP contribution is -2.44. The van der Waals surface area contributed by atoms with E-state index in [0.29, 0.717) is 39.0 Å². The van der Waals surface area contributed by atoms with E-state index in [2.05, 4.69) is 25.5 Å². The molecule has 0 bridgehead atoms. The Balaban J connectivity index is 1.87. The van der Waals surface area contributed by atoms with E-state index in [9.17, 15) is 9.59 Å². The normalized spacial score (nSPS) is 11.1. The summed E-state index contributed by atoms with van der Waals surface area (Å²) < 4.78 is 15.0. The number of ether oxygens (including phenoxy) is 2. The molecule has 0 atom stereocenters. The van der Waals surface area contributed by atoms with Crippen molar-refractivity contribution in [1.29, 1.82) is 0 Å². The summed E-state index contributed by atoms with van der Waals surface area (Å²) in [5.41, 5.74) is 8.10. The number of nitrogens with zero attached hydrogens (tertiary/aromatic N) is 2. The molecule has 1 aromatic heterocycles. The van der Waals surface area contributed by atoms with E-state index in [4.69, 9.17) is 26.6 Å². The zero-order chi connectivity index (χ0) is 24.0. The maximum Gasteiger partial charge on any atom is 0.413 e. The summed E-state index contributed by atoms with van der Waals surface area (Å²) in [6.07, 6.45) is -0.808. The summed E-state index contributed by atoms with van der Waals surface area (Å²) in [5.74, 6) is 0.230. The number of rotatable bonds is 5. The Bertz CT molecular complexity index is 1170. The van der Waals surface area contributed by atoms with Crippen molar-refractivity contribution in [2.45, 2.75) is 13.5 Å². The molecule has 0 spiro atoms. The van der Waals surface area contributed by atoms with E-state index >= 15 is 0 Å². The number of anilines is 1. The Kier molecular flexibility index (Phi) is 7.52. The first-order valence-corrected chi connectivity index (χ1v) is 10.0. The average molecular weight is 472 g/mol. The van der Waals surface area contributed by atoms with E-state index in [-0.39, 0.29) is 18.1 Å². The smallest absolute Gasteiger partial charge is 0.413 e. The molecule has 0 unspecified atom stereocenters. The molecule has 2 aromatic carbocycles. The Morgan fingerprint density at radius 2 is 1.88 bits per heavy atom. The van der Waals surface area contributed by atoms with Crippen molar-refractivity contribution in [2.24, 2.45) is 4.99 Å². The van der Waals surface area contributed by atoms with Gasteiger partial charge in [-0.1, -0.05) is 16.8 Å². The maximum absolute atomic E-state index is 13.1. The number of nitrogens with one attached hydrogen (secondary N) is 2. The lowest BCUT2D eigenvalue weighted by molar-refractivity contribution is 0.0975. The van der Waals surface area contributed by atoms with Gasteiger partial charge in [-0.05, 0) is 55.0 Å². The molecule has 3 rings (SSSR count). The van der Waals surface area contributed by atoms with Crippen LogP contribution in [-0.2, 0) is 11.3 Å². The molecule has 172 valence electrons. The predicted molar refractivity (Wildman–Crippen MR) is 123 cm³/mol. The van der Waals surface area contributed by atoms with Crippen LogP contribution in [-0.4, -0.2) is 37.3 Å². The Morgan fingerprint density at radius 1 is 1.15 bits per heavy atom. The van der Waals surface area contributed by atoms with Crippen LogP contribution in [0.4, 0.5) is 10.5 Å². The van der Waals surface area contributed by atoms with Gasteiger partial charge in [0.15, 0.2) is 0 Å². The second-order valence-corrected chi connectivity index (χ2v) is 7.26. The van der Waals surface area contributed by atoms with Crippen LogP contribution in [0.5, 0.6) is 5.75 Å². The molecule has 3 aromatic rings. The molecule has 4 N–H and O–H groups in total. The van der Waals surface area contributed by atoms with Gasteiger partial charge in [0.05, 0.1) is 20.8 Å². The minimum absolute atomic E-state index is 0.0817. The molecule has 11 heteroatoms. The average Bonchev–Trinajstić information content (AvgIpc) is 3.18. The van der Waals surface area contributed by atoms with Gasteiger partial charge < -0.3 is 19.7 Å². The molecular formula is C22H22ClN5O5. The number of aliphatic imine (C=N–C) groups is 1. The first-order chi connectivity index (χ1) is 15.8. The zero-order valence-corrected chi connectivity index (χ0v) is 18.9. The van der Waals surface area contributed by atoms with E-state index < -0.39 is 12.0 Å². The van der Waals surface area contributed by atoms with Gasteiger partial charge in [-0.25, -0.2) is 9.79 Å². The van der Waals surface area contributed by atoms with Crippen LogP contribution >= 0.6 is 11.6 Å². The molecule has 0 fully saturated rings. The number of carbonyl (C=O) groups excluding carboxylic acids is 2. The molecule has 0 saturated heterocycles. The Morgan fingerprint density at radius 3 is 2.52 bits per heavy atom. The lowest BCUT2D eigenvalue weighted by Gasteiger charge is -2.11. The summed E-state index contributed by atoms with van der Waals surface area (Å²) >= 11 is 6.02. The highest BCUT2D eigenvalue weighted by atomic mass is 35.5. The number of methoxy groups -OCH3 is 2. The van der Waals surface area contributed by atoms with Crippen molar-refractivity contribution in [2.75, 3.05) is 20.0 Å². The largest absolute Gasteiger partial charge is 0.497 e. The fraction of sp³-hybridized carbons (Fsp3) is 0.182. The number of nitrogens with two attached hydrogens (primary N) is 1. The maximum atomic E-state index is 13.1. The number of nitrogen functional groups attached to an aromatic ring is 1. The number of aromatic nitrogens is 1. The van der Waals surface area contributed by atoms with Gasteiger partial charge in [0.25, 0.3) is 5.91 Å². The van der Waals surface area contributed by atoms with E-state index in [1.807, 2.05) is 0 Å². The topological polar surface area (TPSA) is 141 Å². The second kappa shape index (κ2) is 10.5. The van der Waals surface area contributed by atoms with Crippen LogP contribution in [0.2, 0.25) is 5.02 Å². The number of halogens is 1. The molecule has 0 aliphatic heterocycles. The molecule has 2 amide bonds. The number of hydrogen-bond acceptors (Lipinski definition) is 8. The van der Waals surface area contributed by atoms with Gasteiger partial charge >= 0.3 is 6.09 Å². The number of benzene rings is 2. The monoisotopic (exact) mass is 471 g/mol. The fourth-order valence-electron chi connectivity index (χ4n) is 2.95. The fourth-order valence-corrected chi connectivity index (χ4v) is 3.22. The molecule has 10 nitrogen and oxygen atoms in total. The van der Waals surface area contributed by atoms with Crippen LogP contribution in [0, 0.1) is 6.92 Å². The Hall–Kier alpha value is -4.05. The summed E-state index contributed by atoms with van der Waals surface area (Å²) in [6.45, 7) is 1.69. The predicted octanol–water partition coefficient (Wildman–Crippen LogP) is 3.54. The van der Waals surface area contributed by atoms with Crippen molar-refractivity contribution in [1.82, 2.24) is 15.8 Å². The highest BCUT2D eigenvalue weighted by molar-refractivity contribution is 6.30. The molecular weight excluding hydrogens is 450 g/mol. The summed E-state index contributed by atoms with van der Waals surface area (Å²) in [6, 6.07) is 11.9. The molecule has 1 heterocycles. The highest BCUT2D eigenvalue weighted by Crippen LogP contribution is 2.27. The van der Waals surface area contributed by atoms with E-state index in [1.165, 1.54) is 7.11 Å². The van der Waals surface area contributed by atoms with E-state index in [0.717, 1.165) is 0 Å². The Labute approximate surface area is 194 Å². The van der Waals surface area contributed by atoms with Crippen LogP contribution in [0.1, 0.15) is 21.7 Å². The van der Waals surface area contributed by atoms with Gasteiger partial charge in [0, 0.05) is 16.3 Å². The van der Waals surface area contributed by atoms with Crippen molar-refractivity contribution >= 4 is 35.2 Å². The summed E-state index contributed by atoms with van der Waals surface area (Å²) in [7, 11) is 2.75. The van der Waals surface area contributed by atoms with Crippen LogP contribution in [0.25, 0.3) is 11.3 Å². The van der Waals surface area contributed by atoms with Gasteiger partial charge in [0.1, 0.15) is 22.8 Å². The summed E-state index contributed by atoms with van der Waals surface area (Å²) in [5, 5.41) is 9.39. The van der Waals surface area contributed by atoms with E-state index in [1.54, 1.807) is 56.5 Å². The third-order valence-corrected chi connectivity index (χ3v) is 4.71. The summed E-state index contributed by atoms with van der Waals surface area (Å²) in [4.78, 5) is 29.1. The number of aryl methyl sites for hydroxylation is 1. The molecule has 0 radical (unpaired) electrons. The van der Waals surface area contributed by atoms with Gasteiger partial charge in [-0.15, -0.1) is 0 Å². The zero-order valence-electron chi connectivity index (χ0n) is 18.1. The van der Waals surface area contributed by atoms with Gasteiger partial charge in [-0.3, -0.25) is 15.4 Å². The van der Waals surface area contributed by atoms with Crippen LogP contribution in [0.15, 0.2) is 52.0 Å². The minimum atomic E-state index is -0.808. The van der Waals surface area contributed by atoms with Crippen molar-refractivity contribution in [3.05, 3.63) is 64.4 Å². The number of alkyl carbamates (subject to hydrolysis) is 1. The van der Waals surface area contributed by atoms with Gasteiger partial charge in [-0.2, -0.15) is 0 Å². The van der Waals surface area contributed by atoms with Gasteiger partial charge in [0.2, 0.25) is 5.96 Å². The highest BCUT2D eigenvalue weighted by Gasteiger charge is 2.23. The number of guanidine groups is 1. The van der Waals surface area contributed by atoms with Crippen molar-refractivity contribution < 1.29 is 23.6 Å². The molecule has 33 heavy (non-hydrogen) atoms.